The first-order valence-corrected chi connectivity index (χ1v) is 4.67. The summed E-state index contributed by atoms with van der Waals surface area (Å²) in [5.41, 5.74) is 1.48. The minimum Gasteiger partial charge on any atom is -0.485 e. The lowest BCUT2D eigenvalue weighted by molar-refractivity contribution is 0.220. The molecule has 0 spiro atoms. The Morgan fingerprint density at radius 2 is 2.27 bits per heavy atom. The normalized spacial score (nSPS) is 17.9. The molecule has 0 amide bonds. The van der Waals surface area contributed by atoms with Crippen molar-refractivity contribution in [2.24, 2.45) is 0 Å². The predicted octanol–water partition coefficient (Wildman–Crippen LogP) is 2.93. The van der Waals surface area contributed by atoms with E-state index in [0.717, 1.165) is 5.56 Å². The number of benzene rings is 1. The van der Waals surface area contributed by atoms with Gasteiger partial charge in [-0.05, 0) is 25.1 Å². The Kier molecular flexibility index (Phi) is 1.59. The van der Waals surface area contributed by atoms with Gasteiger partial charge in [0.1, 0.15) is 17.7 Å². The van der Waals surface area contributed by atoms with Crippen molar-refractivity contribution in [2.75, 3.05) is 0 Å². The Labute approximate surface area is 85.5 Å². The first kappa shape index (κ1) is 8.47. The molecule has 1 aliphatic heterocycles. The van der Waals surface area contributed by atoms with Crippen LogP contribution in [0.4, 0.5) is 4.39 Å². The second-order valence-electron chi connectivity index (χ2n) is 3.51. The summed E-state index contributed by atoms with van der Waals surface area (Å²) >= 11 is 0. The number of hydrogen-bond donors (Lipinski definition) is 0. The van der Waals surface area contributed by atoms with Crippen molar-refractivity contribution in [3.05, 3.63) is 35.8 Å². The number of hydrogen-bond acceptors (Lipinski definition) is 3. The SMILES string of the molecule is CC1Oc2ccc(F)cc2-c2oncc21. The van der Waals surface area contributed by atoms with Crippen LogP contribution in [0.5, 0.6) is 5.75 Å². The molecule has 0 N–H and O–H groups in total. The van der Waals surface area contributed by atoms with Crippen LogP contribution in [-0.2, 0) is 0 Å². The lowest BCUT2D eigenvalue weighted by Crippen LogP contribution is -2.09. The molecule has 2 aromatic rings. The Balaban J connectivity index is 2.28. The Bertz CT molecular complexity index is 521. The minimum atomic E-state index is -0.311. The average Bonchev–Trinajstić information content (AvgIpc) is 2.69. The van der Waals surface area contributed by atoms with E-state index in [1.165, 1.54) is 12.1 Å². The van der Waals surface area contributed by atoms with Crippen LogP contribution in [0.3, 0.4) is 0 Å². The molecule has 0 fully saturated rings. The quantitative estimate of drug-likeness (QED) is 0.663. The smallest absolute Gasteiger partial charge is 0.177 e. The molecule has 0 bridgehead atoms. The van der Waals surface area contributed by atoms with Crippen molar-refractivity contribution in [3.63, 3.8) is 0 Å². The molecule has 0 radical (unpaired) electrons. The third-order valence-corrected chi connectivity index (χ3v) is 2.53. The number of nitrogens with zero attached hydrogens (tertiary/aromatic N) is 1. The molecule has 3 nitrogen and oxygen atoms in total. The van der Waals surface area contributed by atoms with Crippen LogP contribution in [-0.4, -0.2) is 5.16 Å². The molecule has 1 aliphatic rings. The van der Waals surface area contributed by atoms with Crippen molar-refractivity contribution in [3.8, 4) is 17.1 Å². The van der Waals surface area contributed by atoms with E-state index in [2.05, 4.69) is 5.16 Å². The van der Waals surface area contributed by atoms with Gasteiger partial charge >= 0.3 is 0 Å². The fourth-order valence-corrected chi connectivity index (χ4v) is 1.78. The number of rotatable bonds is 0. The molecule has 15 heavy (non-hydrogen) atoms. The summed E-state index contributed by atoms with van der Waals surface area (Å²) in [4.78, 5) is 0. The van der Waals surface area contributed by atoms with Gasteiger partial charge in [-0.25, -0.2) is 4.39 Å². The van der Waals surface area contributed by atoms with Crippen LogP contribution in [0, 0.1) is 5.82 Å². The molecule has 1 atom stereocenters. The van der Waals surface area contributed by atoms with Crippen LogP contribution in [0.25, 0.3) is 11.3 Å². The predicted molar refractivity (Wildman–Crippen MR) is 50.9 cm³/mol. The molecular formula is C11H8FNO2. The minimum absolute atomic E-state index is 0.107. The summed E-state index contributed by atoms with van der Waals surface area (Å²) in [5, 5.41) is 3.71. The largest absolute Gasteiger partial charge is 0.485 e. The summed E-state index contributed by atoms with van der Waals surface area (Å²) in [5.74, 6) is 0.922. The molecule has 1 aromatic heterocycles. The van der Waals surface area contributed by atoms with Crippen LogP contribution < -0.4 is 4.74 Å². The van der Waals surface area contributed by atoms with Gasteiger partial charge in [0, 0.05) is 0 Å². The summed E-state index contributed by atoms with van der Waals surface area (Å²) in [6.45, 7) is 1.91. The van der Waals surface area contributed by atoms with Gasteiger partial charge in [0.25, 0.3) is 0 Å². The van der Waals surface area contributed by atoms with Crippen molar-refractivity contribution < 1.29 is 13.7 Å². The molecule has 1 aromatic carbocycles. The van der Waals surface area contributed by atoms with Gasteiger partial charge in [0.15, 0.2) is 5.76 Å². The summed E-state index contributed by atoms with van der Waals surface area (Å²) in [6, 6.07) is 4.37. The van der Waals surface area contributed by atoms with Crippen molar-refractivity contribution in [1.29, 1.82) is 0 Å². The van der Waals surface area contributed by atoms with Crippen LogP contribution in [0.15, 0.2) is 28.9 Å². The lowest BCUT2D eigenvalue weighted by atomic mass is 10.0. The van der Waals surface area contributed by atoms with Gasteiger partial charge in [-0.3, -0.25) is 0 Å². The summed E-state index contributed by atoms with van der Waals surface area (Å²) in [6.07, 6.45) is 1.50. The molecule has 0 saturated heterocycles. The van der Waals surface area contributed by atoms with E-state index in [1.807, 2.05) is 6.92 Å². The summed E-state index contributed by atoms with van der Waals surface area (Å²) < 4.78 is 23.8. The Hall–Kier alpha value is -1.84. The summed E-state index contributed by atoms with van der Waals surface area (Å²) in [7, 11) is 0. The van der Waals surface area contributed by atoms with E-state index in [1.54, 1.807) is 12.3 Å². The third kappa shape index (κ3) is 1.14. The maximum atomic E-state index is 13.1. The maximum absolute atomic E-state index is 13.1. The second-order valence-corrected chi connectivity index (χ2v) is 3.51. The zero-order chi connectivity index (χ0) is 10.4. The first-order chi connectivity index (χ1) is 7.25. The van der Waals surface area contributed by atoms with E-state index in [4.69, 9.17) is 9.26 Å². The zero-order valence-electron chi connectivity index (χ0n) is 8.03. The Morgan fingerprint density at radius 1 is 1.40 bits per heavy atom. The van der Waals surface area contributed by atoms with Crippen molar-refractivity contribution in [1.82, 2.24) is 5.16 Å². The molecular weight excluding hydrogens is 197 g/mol. The highest BCUT2D eigenvalue weighted by atomic mass is 19.1. The third-order valence-electron chi connectivity index (χ3n) is 2.53. The second kappa shape index (κ2) is 2.82. The topological polar surface area (TPSA) is 35.3 Å². The molecule has 0 aliphatic carbocycles. The monoisotopic (exact) mass is 205 g/mol. The Morgan fingerprint density at radius 3 is 3.13 bits per heavy atom. The highest BCUT2D eigenvalue weighted by Gasteiger charge is 2.27. The molecule has 3 rings (SSSR count). The van der Waals surface area contributed by atoms with Gasteiger partial charge in [-0.15, -0.1) is 0 Å². The van der Waals surface area contributed by atoms with Gasteiger partial charge in [0.05, 0.1) is 17.3 Å². The number of halogens is 1. The van der Waals surface area contributed by atoms with E-state index in [9.17, 15) is 4.39 Å². The number of fused-ring (bicyclic) bond motifs is 3. The molecule has 0 saturated carbocycles. The lowest BCUT2D eigenvalue weighted by Gasteiger charge is -2.21. The molecule has 76 valence electrons. The standard InChI is InChI=1S/C11H8FNO2/c1-6-9-5-13-15-11(9)8-4-7(12)2-3-10(8)14-6/h2-6H,1H3. The maximum Gasteiger partial charge on any atom is 0.177 e. The van der Waals surface area contributed by atoms with Crippen LogP contribution in [0.1, 0.15) is 18.6 Å². The van der Waals surface area contributed by atoms with Crippen molar-refractivity contribution in [2.45, 2.75) is 13.0 Å². The van der Waals surface area contributed by atoms with E-state index < -0.39 is 0 Å². The fraction of sp³-hybridized carbons (Fsp3) is 0.182. The van der Waals surface area contributed by atoms with E-state index >= 15 is 0 Å². The number of ether oxygens (including phenoxy) is 1. The van der Waals surface area contributed by atoms with E-state index in [0.29, 0.717) is 17.1 Å². The average molecular weight is 205 g/mol. The molecule has 4 heteroatoms. The molecule has 2 heterocycles. The fourth-order valence-electron chi connectivity index (χ4n) is 1.78. The number of aromatic nitrogens is 1. The van der Waals surface area contributed by atoms with Crippen LogP contribution >= 0.6 is 0 Å². The van der Waals surface area contributed by atoms with Gasteiger partial charge in [-0.2, -0.15) is 0 Å². The highest BCUT2D eigenvalue weighted by Crippen LogP contribution is 2.42. The first-order valence-electron chi connectivity index (χ1n) is 4.67. The van der Waals surface area contributed by atoms with Gasteiger partial charge in [-0.1, -0.05) is 5.16 Å². The van der Waals surface area contributed by atoms with Gasteiger partial charge < -0.3 is 9.26 Å². The zero-order valence-corrected chi connectivity index (χ0v) is 8.03. The highest BCUT2D eigenvalue weighted by molar-refractivity contribution is 5.70. The van der Waals surface area contributed by atoms with Crippen molar-refractivity contribution >= 4 is 0 Å². The van der Waals surface area contributed by atoms with Crippen LogP contribution in [0.2, 0.25) is 0 Å². The molecule has 1 unspecified atom stereocenters. The van der Waals surface area contributed by atoms with E-state index in [-0.39, 0.29) is 11.9 Å². The van der Waals surface area contributed by atoms with Gasteiger partial charge in [0.2, 0.25) is 0 Å².